The third-order valence-corrected chi connectivity index (χ3v) is 4.77. The lowest BCUT2D eigenvalue weighted by molar-refractivity contribution is -0.132. The highest BCUT2D eigenvalue weighted by Gasteiger charge is 2.30. The van der Waals surface area contributed by atoms with Gasteiger partial charge in [-0.3, -0.25) is 18.9 Å². The van der Waals surface area contributed by atoms with E-state index in [0.29, 0.717) is 25.7 Å². The first-order valence-corrected chi connectivity index (χ1v) is 10.3. The van der Waals surface area contributed by atoms with Crippen LogP contribution in [0, 0.1) is 0 Å². The van der Waals surface area contributed by atoms with Crippen molar-refractivity contribution in [1.82, 2.24) is 21.3 Å². The molecule has 11 heteroatoms. The monoisotopic (exact) mass is 394 g/mol. The van der Waals surface area contributed by atoms with Crippen LogP contribution < -0.4 is 21.3 Å². The maximum atomic E-state index is 12.5. The number of hydrogen-bond acceptors (Lipinski definition) is 5. The van der Waals surface area contributed by atoms with Gasteiger partial charge in [-0.2, -0.15) is 0 Å². The summed E-state index contributed by atoms with van der Waals surface area (Å²) in [6, 6.07) is -1.73. The van der Waals surface area contributed by atoms with E-state index in [9.17, 15) is 18.9 Å². The van der Waals surface area contributed by atoms with Gasteiger partial charge in [0, 0.05) is 0 Å². The molecule has 0 aliphatic carbocycles. The van der Waals surface area contributed by atoms with Gasteiger partial charge in [0.1, 0.15) is 17.9 Å². The van der Waals surface area contributed by atoms with Crippen molar-refractivity contribution in [2.24, 2.45) is 0 Å². The second-order valence-electron chi connectivity index (χ2n) is 6.06. The maximum Gasteiger partial charge on any atom is 0.347 e. The molecule has 0 unspecified atom stereocenters. The molecule has 26 heavy (non-hydrogen) atoms. The van der Waals surface area contributed by atoms with Gasteiger partial charge in [0.05, 0.1) is 6.54 Å². The van der Waals surface area contributed by atoms with Crippen LogP contribution >= 0.6 is 7.60 Å². The molecule has 0 aromatic rings. The zero-order chi connectivity index (χ0) is 20.3. The van der Waals surface area contributed by atoms with E-state index in [1.165, 1.54) is 6.92 Å². The zero-order valence-electron chi connectivity index (χ0n) is 15.7. The predicted octanol–water partition coefficient (Wildman–Crippen LogP) is -0.584. The van der Waals surface area contributed by atoms with Gasteiger partial charge in [-0.25, -0.2) is 0 Å². The van der Waals surface area contributed by atoms with Crippen molar-refractivity contribution >= 4 is 25.3 Å². The standard InChI is InChI=1S/C15H31N4O6P/c1-5-7-11(18-13(20)9-16-4)15(22)19-12(8-6-2)14(21)17-10(3)26(23,24)25/h10-12,16H,5-9H2,1-4H3,(H,17,21)(H,18,20)(H,19,22)(H2,23,24,25)/t10-,11-,12-/m0/s1. The molecule has 6 N–H and O–H groups in total. The number of likely N-dealkylation sites (N-methyl/N-ethyl adjacent to an activating group) is 1. The van der Waals surface area contributed by atoms with Gasteiger partial charge in [0.15, 0.2) is 0 Å². The Labute approximate surface area is 154 Å². The third kappa shape index (κ3) is 9.28. The number of carbonyl (C=O) groups excluding carboxylic acids is 3. The number of hydrogen-bond donors (Lipinski definition) is 6. The zero-order valence-corrected chi connectivity index (χ0v) is 16.6. The van der Waals surface area contributed by atoms with E-state index >= 15 is 0 Å². The van der Waals surface area contributed by atoms with E-state index in [1.807, 2.05) is 13.8 Å². The predicted molar refractivity (Wildman–Crippen MR) is 97.3 cm³/mol. The van der Waals surface area contributed by atoms with Crippen LogP contribution in [0.4, 0.5) is 0 Å². The number of carbonyl (C=O) groups is 3. The van der Waals surface area contributed by atoms with Gasteiger partial charge in [0.25, 0.3) is 0 Å². The average molecular weight is 394 g/mol. The first-order chi connectivity index (χ1) is 12.1. The number of amides is 3. The molecule has 0 spiro atoms. The fourth-order valence-corrected chi connectivity index (χ4v) is 2.48. The van der Waals surface area contributed by atoms with Gasteiger partial charge in [-0.1, -0.05) is 26.7 Å². The molecule has 0 saturated heterocycles. The van der Waals surface area contributed by atoms with E-state index in [4.69, 9.17) is 9.79 Å². The second-order valence-corrected chi connectivity index (χ2v) is 8.02. The van der Waals surface area contributed by atoms with Gasteiger partial charge in [-0.15, -0.1) is 0 Å². The molecular formula is C15H31N4O6P. The first kappa shape index (κ1) is 24.5. The summed E-state index contributed by atoms with van der Waals surface area (Å²) < 4.78 is 11.2. The van der Waals surface area contributed by atoms with Gasteiger partial charge < -0.3 is 31.1 Å². The molecule has 10 nitrogen and oxygen atoms in total. The Balaban J connectivity index is 5.02. The first-order valence-electron chi connectivity index (χ1n) is 8.66. The van der Waals surface area contributed by atoms with E-state index in [2.05, 4.69) is 21.3 Å². The fourth-order valence-electron chi connectivity index (χ4n) is 2.18. The highest BCUT2D eigenvalue weighted by Crippen LogP contribution is 2.39. The van der Waals surface area contributed by atoms with Gasteiger partial charge in [-0.05, 0) is 26.8 Å². The van der Waals surface area contributed by atoms with Crippen LogP contribution in [0.2, 0.25) is 0 Å². The molecule has 0 bridgehead atoms. The maximum absolute atomic E-state index is 12.5. The Kier molecular flexibility index (Phi) is 11.3. The lowest BCUT2D eigenvalue weighted by Crippen LogP contribution is -2.55. The SMILES string of the molecule is CCC[C@H](NC(=O)CNC)C(=O)N[C@@H](CCC)C(=O)N[C@H](C)P(=O)(O)O. The van der Waals surface area contributed by atoms with Crippen LogP contribution in [0.1, 0.15) is 46.5 Å². The minimum Gasteiger partial charge on any atom is -0.343 e. The largest absolute Gasteiger partial charge is 0.347 e. The van der Waals surface area contributed by atoms with Crippen molar-refractivity contribution in [2.75, 3.05) is 13.6 Å². The molecule has 3 atom stereocenters. The second kappa shape index (κ2) is 12.0. The third-order valence-electron chi connectivity index (χ3n) is 3.63. The molecular weight excluding hydrogens is 363 g/mol. The molecule has 0 aliphatic heterocycles. The summed E-state index contributed by atoms with van der Waals surface area (Å²) >= 11 is 0. The molecule has 0 saturated carbocycles. The molecule has 0 aromatic carbocycles. The molecule has 0 fully saturated rings. The molecule has 0 aromatic heterocycles. The fraction of sp³-hybridized carbons (Fsp3) is 0.800. The Morgan fingerprint density at radius 3 is 1.81 bits per heavy atom. The summed E-state index contributed by atoms with van der Waals surface area (Å²) in [6.45, 7) is 4.94. The van der Waals surface area contributed by atoms with Crippen LogP contribution in [0.25, 0.3) is 0 Å². The Morgan fingerprint density at radius 2 is 1.38 bits per heavy atom. The normalized spacial score (nSPS) is 14.8. The smallest absolute Gasteiger partial charge is 0.343 e. The topological polar surface area (TPSA) is 157 Å². The Morgan fingerprint density at radius 1 is 0.923 bits per heavy atom. The van der Waals surface area contributed by atoms with Gasteiger partial charge >= 0.3 is 7.60 Å². The van der Waals surface area contributed by atoms with E-state index < -0.39 is 37.3 Å². The molecule has 3 amide bonds. The Hall–Kier alpha value is -1.48. The quantitative estimate of drug-likeness (QED) is 0.242. The van der Waals surface area contributed by atoms with Crippen molar-refractivity contribution in [3.8, 4) is 0 Å². The van der Waals surface area contributed by atoms with E-state index in [0.717, 1.165) is 0 Å². The van der Waals surface area contributed by atoms with Crippen molar-refractivity contribution in [1.29, 1.82) is 0 Å². The van der Waals surface area contributed by atoms with Crippen molar-refractivity contribution in [3.05, 3.63) is 0 Å². The molecule has 0 rings (SSSR count). The summed E-state index contributed by atoms with van der Waals surface area (Å²) in [5.74, 6) is -2.87. The van der Waals surface area contributed by atoms with Crippen LogP contribution in [0.3, 0.4) is 0 Å². The number of rotatable bonds is 12. The van der Waals surface area contributed by atoms with Gasteiger partial charge in [0.2, 0.25) is 17.7 Å². The summed E-state index contributed by atoms with van der Waals surface area (Å²) in [5.41, 5.74) is 0. The highest BCUT2D eigenvalue weighted by molar-refractivity contribution is 7.52. The minimum absolute atomic E-state index is 0.0617. The average Bonchev–Trinajstić information content (AvgIpc) is 2.53. The minimum atomic E-state index is -4.47. The van der Waals surface area contributed by atoms with Crippen molar-refractivity contribution in [3.63, 3.8) is 0 Å². The van der Waals surface area contributed by atoms with Crippen molar-refractivity contribution in [2.45, 2.75) is 64.3 Å². The van der Waals surface area contributed by atoms with Crippen LogP contribution in [-0.4, -0.2) is 59.0 Å². The molecule has 0 radical (unpaired) electrons. The molecule has 0 aliphatic rings. The van der Waals surface area contributed by atoms with E-state index in [1.54, 1.807) is 7.05 Å². The lowest BCUT2D eigenvalue weighted by Gasteiger charge is -2.24. The van der Waals surface area contributed by atoms with E-state index in [-0.39, 0.29) is 12.5 Å². The Bertz CT molecular complexity index is 524. The summed E-state index contributed by atoms with van der Waals surface area (Å²) in [6.07, 6.45) is 1.93. The number of nitrogens with one attached hydrogen (secondary N) is 4. The lowest BCUT2D eigenvalue weighted by atomic mass is 10.1. The summed E-state index contributed by atoms with van der Waals surface area (Å²) in [7, 11) is -2.86. The highest BCUT2D eigenvalue weighted by atomic mass is 31.2. The van der Waals surface area contributed by atoms with Crippen molar-refractivity contribution < 1.29 is 28.7 Å². The molecule has 0 heterocycles. The van der Waals surface area contributed by atoms with Crippen LogP contribution in [0.5, 0.6) is 0 Å². The molecule has 152 valence electrons. The summed E-state index contributed by atoms with van der Waals surface area (Å²) in [4.78, 5) is 54.6. The van der Waals surface area contributed by atoms with Crippen LogP contribution in [0.15, 0.2) is 0 Å². The summed E-state index contributed by atoms with van der Waals surface area (Å²) in [5, 5.41) is 10.1. The van der Waals surface area contributed by atoms with Crippen LogP contribution in [-0.2, 0) is 18.9 Å².